The van der Waals surface area contributed by atoms with E-state index in [1.807, 2.05) is 11.3 Å². The molecular formula is C17H22BrNS. The highest BCUT2D eigenvalue weighted by atomic mass is 79.9. The zero-order valence-electron chi connectivity index (χ0n) is 12.2. The molecule has 1 atom stereocenters. The van der Waals surface area contributed by atoms with Gasteiger partial charge in [0.05, 0.1) is 0 Å². The Morgan fingerprint density at radius 2 is 2.00 bits per heavy atom. The van der Waals surface area contributed by atoms with Gasteiger partial charge in [-0.05, 0) is 71.2 Å². The lowest BCUT2D eigenvalue weighted by atomic mass is 9.98. The van der Waals surface area contributed by atoms with Crippen LogP contribution >= 0.6 is 27.3 Å². The van der Waals surface area contributed by atoms with Gasteiger partial charge in [-0.3, -0.25) is 0 Å². The first-order valence-electron chi connectivity index (χ1n) is 7.20. The average Bonchev–Trinajstić information content (AvgIpc) is 2.84. The van der Waals surface area contributed by atoms with Crippen LogP contribution in [0.5, 0.6) is 0 Å². The zero-order valence-corrected chi connectivity index (χ0v) is 14.6. The summed E-state index contributed by atoms with van der Waals surface area (Å²) in [5, 5.41) is 5.85. The first-order valence-corrected chi connectivity index (χ1v) is 8.87. The van der Waals surface area contributed by atoms with Crippen molar-refractivity contribution in [1.82, 2.24) is 5.32 Å². The molecule has 0 saturated heterocycles. The molecule has 0 amide bonds. The van der Waals surface area contributed by atoms with E-state index in [9.17, 15) is 0 Å². The van der Waals surface area contributed by atoms with Crippen LogP contribution in [0.4, 0.5) is 0 Å². The van der Waals surface area contributed by atoms with Gasteiger partial charge in [-0.1, -0.05) is 31.2 Å². The van der Waals surface area contributed by atoms with Crippen molar-refractivity contribution in [2.75, 3.05) is 6.54 Å². The number of halogens is 1. The summed E-state index contributed by atoms with van der Waals surface area (Å²) in [6, 6.07) is 11.4. The lowest BCUT2D eigenvalue weighted by Crippen LogP contribution is -2.33. The topological polar surface area (TPSA) is 12.0 Å². The number of benzene rings is 1. The number of rotatable bonds is 7. The third kappa shape index (κ3) is 4.44. The molecule has 1 N–H and O–H groups in total. The first kappa shape index (κ1) is 15.7. The Bertz CT molecular complexity index is 535. The first-order chi connectivity index (χ1) is 9.70. The highest BCUT2D eigenvalue weighted by Gasteiger charge is 2.13. The molecule has 0 aliphatic carbocycles. The van der Waals surface area contributed by atoms with Crippen molar-refractivity contribution in [3.05, 3.63) is 56.2 Å². The minimum absolute atomic E-state index is 0.506. The van der Waals surface area contributed by atoms with E-state index in [-0.39, 0.29) is 0 Å². The van der Waals surface area contributed by atoms with Gasteiger partial charge in [0.2, 0.25) is 0 Å². The fraction of sp³-hybridized carbons (Fsp3) is 0.412. The summed E-state index contributed by atoms with van der Waals surface area (Å²) < 4.78 is 1.25. The molecule has 1 heterocycles. The number of hydrogen-bond donors (Lipinski definition) is 1. The van der Waals surface area contributed by atoms with Crippen LogP contribution < -0.4 is 5.32 Å². The van der Waals surface area contributed by atoms with E-state index in [1.54, 1.807) is 0 Å². The number of hydrogen-bond acceptors (Lipinski definition) is 2. The molecule has 0 radical (unpaired) electrons. The number of thiophene rings is 1. The predicted octanol–water partition coefficient (Wildman–Crippen LogP) is 4.97. The van der Waals surface area contributed by atoms with Crippen LogP contribution in [0.1, 0.15) is 29.3 Å². The smallest absolute Gasteiger partial charge is 0.0314 e. The Labute approximate surface area is 134 Å². The molecule has 1 aromatic carbocycles. The third-order valence-electron chi connectivity index (χ3n) is 3.53. The van der Waals surface area contributed by atoms with E-state index >= 15 is 0 Å². The molecule has 0 bridgehead atoms. The molecule has 1 aromatic heterocycles. The average molecular weight is 352 g/mol. The summed E-state index contributed by atoms with van der Waals surface area (Å²) in [6.45, 7) is 5.51. The lowest BCUT2D eigenvalue weighted by Gasteiger charge is -2.19. The summed E-state index contributed by atoms with van der Waals surface area (Å²) in [4.78, 5) is 1.44. The summed E-state index contributed by atoms with van der Waals surface area (Å²) in [6.07, 6.45) is 3.36. The van der Waals surface area contributed by atoms with Crippen LogP contribution in [0, 0.1) is 6.92 Å². The van der Waals surface area contributed by atoms with Crippen molar-refractivity contribution in [2.24, 2.45) is 0 Å². The maximum atomic E-state index is 3.70. The van der Waals surface area contributed by atoms with Gasteiger partial charge in [-0.2, -0.15) is 0 Å². The second kappa shape index (κ2) is 7.96. The van der Waals surface area contributed by atoms with Gasteiger partial charge in [0.15, 0.2) is 0 Å². The summed E-state index contributed by atoms with van der Waals surface area (Å²) in [7, 11) is 0. The molecule has 0 saturated carbocycles. The van der Waals surface area contributed by atoms with Crippen LogP contribution in [0.15, 0.2) is 40.2 Å². The molecule has 0 fully saturated rings. The predicted molar refractivity (Wildman–Crippen MR) is 92.7 cm³/mol. The molecule has 3 heteroatoms. The summed E-state index contributed by atoms with van der Waals surface area (Å²) in [5.74, 6) is 0. The molecule has 20 heavy (non-hydrogen) atoms. The van der Waals surface area contributed by atoms with E-state index in [0.29, 0.717) is 6.04 Å². The Kier molecular flexibility index (Phi) is 6.27. The third-order valence-corrected chi connectivity index (χ3v) is 5.48. The summed E-state index contributed by atoms with van der Waals surface area (Å²) in [5.41, 5.74) is 2.84. The van der Waals surface area contributed by atoms with E-state index < -0.39 is 0 Å². The van der Waals surface area contributed by atoms with Gasteiger partial charge in [-0.25, -0.2) is 0 Å². The van der Waals surface area contributed by atoms with Crippen LogP contribution in [-0.4, -0.2) is 12.6 Å². The zero-order chi connectivity index (χ0) is 14.4. The highest BCUT2D eigenvalue weighted by molar-refractivity contribution is 9.10. The molecular weight excluding hydrogens is 330 g/mol. The monoisotopic (exact) mass is 351 g/mol. The molecule has 1 nitrogen and oxygen atoms in total. The Morgan fingerprint density at radius 1 is 1.20 bits per heavy atom. The standard InChI is InChI=1S/C17H22BrNS/c1-3-9-19-15(12-17-16(18)8-10-20-17)11-14-7-5-4-6-13(14)2/h4-8,10,15,19H,3,9,11-12H2,1-2H3. The molecule has 0 spiro atoms. The van der Waals surface area contributed by atoms with Crippen LogP contribution in [0.25, 0.3) is 0 Å². The minimum atomic E-state index is 0.506. The van der Waals surface area contributed by atoms with Gasteiger partial charge in [0.1, 0.15) is 0 Å². The Morgan fingerprint density at radius 3 is 2.65 bits per heavy atom. The van der Waals surface area contributed by atoms with E-state index in [2.05, 4.69) is 70.8 Å². The van der Waals surface area contributed by atoms with Crippen molar-refractivity contribution in [3.63, 3.8) is 0 Å². The van der Waals surface area contributed by atoms with Crippen molar-refractivity contribution in [1.29, 1.82) is 0 Å². The van der Waals surface area contributed by atoms with Gasteiger partial charge in [-0.15, -0.1) is 11.3 Å². The highest BCUT2D eigenvalue weighted by Crippen LogP contribution is 2.25. The lowest BCUT2D eigenvalue weighted by molar-refractivity contribution is 0.506. The molecule has 108 valence electrons. The number of nitrogens with one attached hydrogen (secondary N) is 1. The Hall–Kier alpha value is -0.640. The molecule has 0 aliphatic heterocycles. The summed E-state index contributed by atoms with van der Waals surface area (Å²) >= 11 is 5.48. The van der Waals surface area contributed by atoms with E-state index in [1.165, 1.54) is 26.9 Å². The quantitative estimate of drug-likeness (QED) is 0.742. The largest absolute Gasteiger partial charge is 0.313 e. The minimum Gasteiger partial charge on any atom is -0.313 e. The van der Waals surface area contributed by atoms with Gasteiger partial charge < -0.3 is 5.32 Å². The van der Waals surface area contributed by atoms with E-state index in [4.69, 9.17) is 0 Å². The normalized spacial score (nSPS) is 12.6. The van der Waals surface area contributed by atoms with E-state index in [0.717, 1.165) is 19.4 Å². The van der Waals surface area contributed by atoms with Crippen LogP contribution in [0.3, 0.4) is 0 Å². The van der Waals surface area contributed by atoms with Crippen molar-refractivity contribution in [2.45, 2.75) is 39.2 Å². The second-order valence-corrected chi connectivity index (χ2v) is 7.03. The second-order valence-electron chi connectivity index (χ2n) is 5.18. The van der Waals surface area contributed by atoms with Gasteiger partial charge in [0.25, 0.3) is 0 Å². The molecule has 2 rings (SSSR count). The molecule has 0 aliphatic rings. The van der Waals surface area contributed by atoms with Crippen molar-refractivity contribution < 1.29 is 0 Å². The Balaban J connectivity index is 2.07. The van der Waals surface area contributed by atoms with Crippen molar-refractivity contribution >= 4 is 27.3 Å². The van der Waals surface area contributed by atoms with Gasteiger partial charge >= 0.3 is 0 Å². The fourth-order valence-corrected chi connectivity index (χ4v) is 3.96. The number of aryl methyl sites for hydroxylation is 1. The van der Waals surface area contributed by atoms with Crippen LogP contribution in [0.2, 0.25) is 0 Å². The fourth-order valence-electron chi connectivity index (χ4n) is 2.36. The van der Waals surface area contributed by atoms with Crippen molar-refractivity contribution in [3.8, 4) is 0 Å². The molecule has 1 unspecified atom stereocenters. The maximum Gasteiger partial charge on any atom is 0.0314 e. The maximum absolute atomic E-state index is 3.70. The molecule has 2 aromatic rings. The SMILES string of the molecule is CCCNC(Cc1ccccc1C)Cc1sccc1Br. The van der Waals surface area contributed by atoms with Crippen LogP contribution in [-0.2, 0) is 12.8 Å². The van der Waals surface area contributed by atoms with Gasteiger partial charge in [0, 0.05) is 15.4 Å².